The molecule has 0 N–H and O–H groups in total. The van der Waals surface area contributed by atoms with Gasteiger partial charge in [-0.2, -0.15) is 18.3 Å². The van der Waals surface area contributed by atoms with Crippen LogP contribution in [0.4, 0.5) is 18.0 Å². The summed E-state index contributed by atoms with van der Waals surface area (Å²) in [7, 11) is 0. The number of halogens is 4. The highest BCUT2D eigenvalue weighted by Gasteiger charge is 2.45. The van der Waals surface area contributed by atoms with Gasteiger partial charge in [-0.3, -0.25) is 9.58 Å². The number of benzene rings is 1. The normalized spacial score (nSPS) is 19.5. The van der Waals surface area contributed by atoms with Gasteiger partial charge in [-0.15, -0.1) is 0 Å². The number of carbonyl (C=O) groups excluding carboxylic acids is 1. The van der Waals surface area contributed by atoms with Crippen molar-refractivity contribution in [3.63, 3.8) is 0 Å². The molecule has 1 unspecified atom stereocenters. The Balaban J connectivity index is 1.48. The molecule has 0 radical (unpaired) electrons. The van der Waals surface area contributed by atoms with E-state index in [1.165, 1.54) is 4.90 Å². The van der Waals surface area contributed by atoms with Gasteiger partial charge in [0.25, 0.3) is 0 Å². The van der Waals surface area contributed by atoms with Crippen LogP contribution in [0.1, 0.15) is 58.1 Å². The zero-order chi connectivity index (χ0) is 25.4. The maximum Gasteiger partial charge on any atom is 0.425 e. The molecule has 2 aliphatic rings. The highest BCUT2D eigenvalue weighted by molar-refractivity contribution is 6.30. The van der Waals surface area contributed by atoms with Crippen LogP contribution >= 0.6 is 11.6 Å². The number of likely N-dealkylation sites (tertiary alicyclic amines) is 2. The van der Waals surface area contributed by atoms with E-state index >= 15 is 0 Å². The molecule has 4 rings (SSSR count). The number of carbonyl (C=O) groups is 1. The monoisotopic (exact) mass is 512 g/mol. The van der Waals surface area contributed by atoms with E-state index in [0.29, 0.717) is 37.5 Å². The first-order valence-electron chi connectivity index (χ1n) is 12.1. The van der Waals surface area contributed by atoms with Crippen molar-refractivity contribution in [2.45, 2.75) is 76.9 Å². The molecule has 1 aromatic heterocycles. The highest BCUT2D eigenvalue weighted by atomic mass is 35.5. The minimum Gasteiger partial charge on any atom is -0.437 e. The van der Waals surface area contributed by atoms with Crippen molar-refractivity contribution in [1.29, 1.82) is 0 Å². The lowest BCUT2D eigenvalue weighted by atomic mass is 9.85. The summed E-state index contributed by atoms with van der Waals surface area (Å²) in [6, 6.07) is 7.90. The number of ether oxygens (including phenoxy) is 1. The predicted octanol–water partition coefficient (Wildman–Crippen LogP) is 6.30. The van der Waals surface area contributed by atoms with Crippen molar-refractivity contribution < 1.29 is 22.7 Å². The van der Waals surface area contributed by atoms with Crippen molar-refractivity contribution in [3.8, 4) is 11.3 Å². The Morgan fingerprint density at radius 1 is 1.17 bits per heavy atom. The molecule has 6 nitrogen and oxygen atoms in total. The van der Waals surface area contributed by atoms with Gasteiger partial charge in [0.1, 0.15) is 0 Å². The van der Waals surface area contributed by atoms with Crippen LogP contribution < -0.4 is 0 Å². The molecule has 1 amide bonds. The van der Waals surface area contributed by atoms with Gasteiger partial charge in [0, 0.05) is 53.6 Å². The number of hydrogen-bond acceptors (Lipinski definition) is 4. The first kappa shape index (κ1) is 25.8. The molecule has 0 bridgehead atoms. The molecule has 35 heavy (non-hydrogen) atoms. The van der Waals surface area contributed by atoms with Gasteiger partial charge in [0.15, 0.2) is 6.10 Å². The number of alkyl halides is 3. The quantitative estimate of drug-likeness (QED) is 0.471. The van der Waals surface area contributed by atoms with E-state index in [9.17, 15) is 18.0 Å². The summed E-state index contributed by atoms with van der Waals surface area (Å²) in [5.74, 6) is 0. The lowest BCUT2D eigenvalue weighted by Crippen LogP contribution is -2.53. The van der Waals surface area contributed by atoms with Crippen molar-refractivity contribution >= 4 is 17.7 Å². The Hall–Kier alpha value is -2.26. The van der Waals surface area contributed by atoms with Crippen LogP contribution in [0.25, 0.3) is 11.3 Å². The predicted molar refractivity (Wildman–Crippen MR) is 128 cm³/mol. The zero-order valence-corrected chi connectivity index (χ0v) is 21.1. The molecule has 2 saturated heterocycles. The Morgan fingerprint density at radius 3 is 2.51 bits per heavy atom. The molecule has 0 aliphatic carbocycles. The Morgan fingerprint density at radius 2 is 1.89 bits per heavy atom. The van der Waals surface area contributed by atoms with E-state index in [4.69, 9.17) is 16.7 Å². The fourth-order valence-electron chi connectivity index (χ4n) is 5.10. The highest BCUT2D eigenvalue weighted by Crippen LogP contribution is 2.40. The van der Waals surface area contributed by atoms with E-state index in [1.54, 1.807) is 0 Å². The molecule has 1 spiro atoms. The van der Waals surface area contributed by atoms with Gasteiger partial charge >= 0.3 is 12.3 Å². The molecular formula is C25H32ClF3N4O2. The van der Waals surface area contributed by atoms with Crippen LogP contribution in [0.15, 0.2) is 30.5 Å². The minimum atomic E-state index is -4.56. The Kier molecular flexibility index (Phi) is 7.38. The van der Waals surface area contributed by atoms with Crippen LogP contribution in [0.3, 0.4) is 0 Å². The molecule has 192 valence electrons. The average molecular weight is 513 g/mol. The van der Waals surface area contributed by atoms with E-state index in [-0.39, 0.29) is 11.6 Å². The van der Waals surface area contributed by atoms with Crippen LogP contribution in [0, 0.1) is 0 Å². The summed E-state index contributed by atoms with van der Waals surface area (Å²) in [6.07, 6.45) is -2.03. The Labute approximate surface area is 209 Å². The summed E-state index contributed by atoms with van der Waals surface area (Å²) in [4.78, 5) is 16.2. The van der Waals surface area contributed by atoms with E-state index in [2.05, 4.69) is 29.7 Å². The van der Waals surface area contributed by atoms with Crippen LogP contribution in [0.5, 0.6) is 0 Å². The van der Waals surface area contributed by atoms with Gasteiger partial charge in [-0.1, -0.05) is 23.7 Å². The van der Waals surface area contributed by atoms with Crippen LogP contribution in [-0.4, -0.2) is 63.1 Å². The maximum absolute atomic E-state index is 12.8. The lowest BCUT2D eigenvalue weighted by molar-refractivity contribution is -0.200. The standard InChI is InChI=1S/C25H32ClF3N4O2/c1-17(2)33-16-20(22(30-33)19-6-4-7-21(26)14-19)15-32-11-5-8-24(32)9-12-31(13-10-24)23(34)35-18(3)25(27,28)29/h4,6-7,14,16-18H,5,8-13,15H2,1-3H3. The summed E-state index contributed by atoms with van der Waals surface area (Å²) in [6.45, 7) is 7.44. The number of aromatic nitrogens is 2. The number of amides is 1. The number of nitrogens with zero attached hydrogens (tertiary/aromatic N) is 4. The minimum absolute atomic E-state index is 0.0854. The van der Waals surface area contributed by atoms with Crippen LogP contribution in [-0.2, 0) is 11.3 Å². The van der Waals surface area contributed by atoms with E-state index < -0.39 is 18.4 Å². The second-order valence-electron chi connectivity index (χ2n) is 9.89. The first-order chi connectivity index (χ1) is 16.5. The van der Waals surface area contributed by atoms with Crippen molar-refractivity contribution in [1.82, 2.24) is 19.6 Å². The first-order valence-corrected chi connectivity index (χ1v) is 12.5. The van der Waals surface area contributed by atoms with Gasteiger partial charge < -0.3 is 9.64 Å². The largest absolute Gasteiger partial charge is 0.437 e. The van der Waals surface area contributed by atoms with Gasteiger partial charge in [0.2, 0.25) is 0 Å². The second kappa shape index (κ2) is 10.0. The number of hydrogen-bond donors (Lipinski definition) is 0. The van der Waals surface area contributed by atoms with Crippen molar-refractivity contribution in [2.75, 3.05) is 19.6 Å². The summed E-state index contributed by atoms with van der Waals surface area (Å²) in [5.41, 5.74) is 2.91. The van der Waals surface area contributed by atoms with E-state index in [1.807, 2.05) is 28.9 Å². The fraction of sp³-hybridized carbons (Fsp3) is 0.600. The van der Waals surface area contributed by atoms with Crippen molar-refractivity contribution in [3.05, 3.63) is 41.0 Å². The molecule has 2 fully saturated rings. The summed E-state index contributed by atoms with van der Waals surface area (Å²) >= 11 is 6.25. The lowest BCUT2D eigenvalue weighted by Gasteiger charge is -2.45. The van der Waals surface area contributed by atoms with Gasteiger partial charge in [0.05, 0.1) is 5.69 Å². The smallest absolute Gasteiger partial charge is 0.425 e. The van der Waals surface area contributed by atoms with E-state index in [0.717, 1.165) is 43.1 Å². The molecule has 10 heteroatoms. The third-order valence-corrected chi connectivity index (χ3v) is 7.46. The molecular weight excluding hydrogens is 481 g/mol. The summed E-state index contributed by atoms with van der Waals surface area (Å²) in [5, 5.41) is 5.51. The molecule has 3 heterocycles. The fourth-order valence-corrected chi connectivity index (χ4v) is 5.29. The average Bonchev–Trinajstić information content (AvgIpc) is 3.38. The van der Waals surface area contributed by atoms with Gasteiger partial charge in [-0.25, -0.2) is 4.79 Å². The SMILES string of the molecule is CC(C)n1cc(CN2CCCC23CCN(C(=O)OC(C)C(F)(F)F)CC3)c(-c2cccc(Cl)c2)n1. The number of rotatable bonds is 5. The molecule has 1 atom stereocenters. The van der Waals surface area contributed by atoms with Gasteiger partial charge in [-0.05, 0) is 65.1 Å². The summed E-state index contributed by atoms with van der Waals surface area (Å²) < 4.78 is 45.0. The van der Waals surface area contributed by atoms with Crippen LogP contribution in [0.2, 0.25) is 5.02 Å². The molecule has 2 aliphatic heterocycles. The third-order valence-electron chi connectivity index (χ3n) is 7.23. The molecule has 1 aromatic carbocycles. The maximum atomic E-state index is 12.8. The van der Waals surface area contributed by atoms with Crippen molar-refractivity contribution in [2.24, 2.45) is 0 Å². The molecule has 0 saturated carbocycles. The second-order valence-corrected chi connectivity index (χ2v) is 10.3. The third kappa shape index (κ3) is 5.61. The topological polar surface area (TPSA) is 50.6 Å². The zero-order valence-electron chi connectivity index (χ0n) is 20.3. The Bertz CT molecular complexity index is 1050. The number of piperidine rings is 1. The molecule has 2 aromatic rings.